The van der Waals surface area contributed by atoms with Crippen LogP contribution in [0.3, 0.4) is 0 Å². The van der Waals surface area contributed by atoms with Crippen LogP contribution in [0.4, 0.5) is 8.78 Å². The van der Waals surface area contributed by atoms with Crippen LogP contribution in [0.2, 0.25) is 0 Å². The first-order valence-corrected chi connectivity index (χ1v) is 7.42. The Labute approximate surface area is 118 Å². The van der Waals surface area contributed by atoms with Crippen molar-refractivity contribution in [2.24, 2.45) is 5.41 Å². The minimum absolute atomic E-state index is 0.185. The third-order valence-electron chi connectivity index (χ3n) is 2.24. The summed E-state index contributed by atoms with van der Waals surface area (Å²) in [5, 5.41) is 8.79. The summed E-state index contributed by atoms with van der Waals surface area (Å²) < 4.78 is 52.2. The van der Waals surface area contributed by atoms with Gasteiger partial charge in [-0.05, 0) is 35.8 Å². The minimum atomic E-state index is -4.17. The first-order chi connectivity index (χ1) is 8.59. The van der Waals surface area contributed by atoms with Crippen molar-refractivity contribution in [3.63, 3.8) is 0 Å². The summed E-state index contributed by atoms with van der Waals surface area (Å²) in [6, 6.07) is 3.25. The van der Waals surface area contributed by atoms with Crippen molar-refractivity contribution in [1.29, 1.82) is 5.26 Å². The smallest absolute Gasteiger partial charge is 0.209 e. The van der Waals surface area contributed by atoms with E-state index in [0.29, 0.717) is 6.07 Å². The second-order valence-corrected chi connectivity index (χ2v) is 7.08. The van der Waals surface area contributed by atoms with Crippen LogP contribution in [0.25, 0.3) is 0 Å². The molecule has 1 aromatic carbocycles. The summed E-state index contributed by atoms with van der Waals surface area (Å²) in [6.45, 7) is 2.88. The van der Waals surface area contributed by atoms with Crippen LogP contribution in [0.1, 0.15) is 13.8 Å². The van der Waals surface area contributed by atoms with Crippen LogP contribution in [0.5, 0.6) is 0 Å². The number of sulfonamides is 1. The molecule has 0 unspecified atom stereocenters. The molecule has 19 heavy (non-hydrogen) atoms. The van der Waals surface area contributed by atoms with Crippen LogP contribution in [0.15, 0.2) is 21.5 Å². The Bertz CT molecular complexity index is 616. The Morgan fingerprint density at radius 1 is 1.42 bits per heavy atom. The van der Waals surface area contributed by atoms with E-state index in [0.717, 1.165) is 6.07 Å². The van der Waals surface area contributed by atoms with Crippen molar-refractivity contribution in [2.45, 2.75) is 18.7 Å². The maximum atomic E-state index is 13.6. The molecule has 0 aliphatic rings. The van der Waals surface area contributed by atoms with Gasteiger partial charge in [0.1, 0.15) is 16.5 Å². The number of nitrogens with one attached hydrogen (secondary N) is 1. The summed E-state index contributed by atoms with van der Waals surface area (Å²) in [5.41, 5.74) is -0.934. The zero-order valence-corrected chi connectivity index (χ0v) is 12.6. The number of benzene rings is 1. The molecule has 1 rings (SSSR count). The summed E-state index contributed by atoms with van der Waals surface area (Å²) in [5.74, 6) is -2.09. The SMILES string of the molecule is CC(C)(C#N)CNS(=O)(=O)c1c(F)cc(F)cc1Br. The molecule has 0 heterocycles. The number of nitrogens with zero attached hydrogens (tertiary/aromatic N) is 1. The molecule has 0 fully saturated rings. The van der Waals surface area contributed by atoms with Gasteiger partial charge >= 0.3 is 0 Å². The summed E-state index contributed by atoms with van der Waals surface area (Å²) in [7, 11) is -4.17. The Kier molecular flexibility index (Phi) is 4.66. The minimum Gasteiger partial charge on any atom is -0.209 e. The molecule has 0 aromatic heterocycles. The number of nitriles is 1. The molecule has 0 aliphatic carbocycles. The third-order valence-corrected chi connectivity index (χ3v) is 4.60. The van der Waals surface area contributed by atoms with E-state index in [-0.39, 0.29) is 11.0 Å². The normalized spacial score (nSPS) is 12.2. The van der Waals surface area contributed by atoms with Gasteiger partial charge in [-0.15, -0.1) is 0 Å². The lowest BCUT2D eigenvalue weighted by atomic mass is 9.97. The van der Waals surface area contributed by atoms with Gasteiger partial charge in [0.15, 0.2) is 0 Å². The van der Waals surface area contributed by atoms with Gasteiger partial charge in [-0.3, -0.25) is 0 Å². The van der Waals surface area contributed by atoms with Crippen molar-refractivity contribution < 1.29 is 17.2 Å². The van der Waals surface area contributed by atoms with E-state index in [4.69, 9.17) is 5.26 Å². The van der Waals surface area contributed by atoms with Gasteiger partial charge in [0.05, 0.1) is 11.5 Å². The second kappa shape index (κ2) is 5.53. The fourth-order valence-electron chi connectivity index (χ4n) is 1.17. The number of hydrogen-bond donors (Lipinski definition) is 1. The van der Waals surface area contributed by atoms with E-state index < -0.39 is 32.0 Å². The van der Waals surface area contributed by atoms with Gasteiger partial charge in [0, 0.05) is 17.1 Å². The van der Waals surface area contributed by atoms with Crippen LogP contribution in [-0.2, 0) is 10.0 Å². The van der Waals surface area contributed by atoms with E-state index in [2.05, 4.69) is 20.7 Å². The third kappa shape index (κ3) is 3.96. The Morgan fingerprint density at radius 3 is 2.47 bits per heavy atom. The average molecular weight is 353 g/mol. The zero-order chi connectivity index (χ0) is 14.8. The quantitative estimate of drug-likeness (QED) is 0.905. The fourth-order valence-corrected chi connectivity index (χ4v) is 3.55. The lowest BCUT2D eigenvalue weighted by Gasteiger charge is -2.16. The van der Waals surface area contributed by atoms with Crippen molar-refractivity contribution >= 4 is 26.0 Å². The fraction of sp³-hybridized carbons (Fsp3) is 0.364. The van der Waals surface area contributed by atoms with E-state index in [1.807, 2.05) is 6.07 Å². The van der Waals surface area contributed by atoms with Gasteiger partial charge in [0.25, 0.3) is 0 Å². The Morgan fingerprint density at radius 2 is 2.00 bits per heavy atom. The van der Waals surface area contributed by atoms with Gasteiger partial charge in [-0.1, -0.05) is 0 Å². The molecule has 1 N–H and O–H groups in total. The topological polar surface area (TPSA) is 70.0 Å². The van der Waals surface area contributed by atoms with Crippen molar-refractivity contribution in [1.82, 2.24) is 4.72 Å². The number of hydrogen-bond acceptors (Lipinski definition) is 3. The van der Waals surface area contributed by atoms with Crippen LogP contribution in [-0.4, -0.2) is 15.0 Å². The summed E-state index contributed by atoms with van der Waals surface area (Å²) in [4.78, 5) is -0.678. The number of halogens is 3. The lowest BCUT2D eigenvalue weighted by molar-refractivity contribution is 0.475. The maximum absolute atomic E-state index is 13.6. The highest BCUT2D eigenvalue weighted by molar-refractivity contribution is 9.10. The van der Waals surface area contributed by atoms with Crippen molar-refractivity contribution in [3.05, 3.63) is 28.2 Å². The van der Waals surface area contributed by atoms with Crippen LogP contribution >= 0.6 is 15.9 Å². The molecule has 0 atom stereocenters. The molecule has 4 nitrogen and oxygen atoms in total. The first-order valence-electron chi connectivity index (χ1n) is 5.14. The van der Waals surface area contributed by atoms with E-state index in [1.165, 1.54) is 13.8 Å². The van der Waals surface area contributed by atoms with Crippen molar-refractivity contribution in [2.75, 3.05) is 6.54 Å². The highest BCUT2D eigenvalue weighted by Crippen LogP contribution is 2.26. The zero-order valence-electron chi connectivity index (χ0n) is 10.2. The molecular weight excluding hydrogens is 342 g/mol. The predicted molar refractivity (Wildman–Crippen MR) is 68.6 cm³/mol. The molecule has 0 bridgehead atoms. The predicted octanol–water partition coefficient (Wildman–Crippen LogP) is 2.56. The van der Waals surface area contributed by atoms with Gasteiger partial charge in [-0.2, -0.15) is 5.26 Å². The standard InChI is InChI=1S/C11H11BrF2N2O2S/c1-11(2,5-15)6-16-19(17,18)10-8(12)3-7(13)4-9(10)14/h3-4,16H,6H2,1-2H3. The number of rotatable bonds is 4. The lowest BCUT2D eigenvalue weighted by Crippen LogP contribution is -2.33. The molecule has 0 spiro atoms. The first kappa shape index (κ1) is 16.0. The molecule has 8 heteroatoms. The molecular formula is C11H11BrF2N2O2S. The van der Waals surface area contributed by atoms with E-state index in [9.17, 15) is 17.2 Å². The molecule has 0 saturated carbocycles. The average Bonchev–Trinajstić information content (AvgIpc) is 2.25. The summed E-state index contributed by atoms with van der Waals surface area (Å²) >= 11 is 2.81. The highest BCUT2D eigenvalue weighted by atomic mass is 79.9. The molecule has 0 saturated heterocycles. The monoisotopic (exact) mass is 352 g/mol. The Hall–Kier alpha value is -1.04. The van der Waals surface area contributed by atoms with Crippen LogP contribution in [0, 0.1) is 28.4 Å². The van der Waals surface area contributed by atoms with Gasteiger partial charge < -0.3 is 0 Å². The molecule has 104 valence electrons. The van der Waals surface area contributed by atoms with Crippen molar-refractivity contribution in [3.8, 4) is 6.07 Å². The molecule has 0 amide bonds. The second-order valence-electron chi connectivity index (χ2n) is 4.52. The maximum Gasteiger partial charge on any atom is 0.244 e. The van der Waals surface area contributed by atoms with Crippen LogP contribution < -0.4 is 4.72 Å². The van der Waals surface area contributed by atoms with Gasteiger partial charge in [-0.25, -0.2) is 21.9 Å². The Balaban J connectivity index is 3.13. The molecule has 0 aliphatic heterocycles. The van der Waals surface area contributed by atoms with E-state index >= 15 is 0 Å². The molecule has 1 aromatic rings. The highest BCUT2D eigenvalue weighted by Gasteiger charge is 2.26. The summed E-state index contributed by atoms with van der Waals surface area (Å²) in [6.07, 6.45) is 0. The van der Waals surface area contributed by atoms with Gasteiger partial charge in [0.2, 0.25) is 10.0 Å². The largest absolute Gasteiger partial charge is 0.244 e. The van der Waals surface area contributed by atoms with E-state index in [1.54, 1.807) is 0 Å². The molecule has 0 radical (unpaired) electrons.